The first-order valence-electron chi connectivity index (χ1n) is 20.3. The number of carbonyl (C=O) groups is 2. The molecule has 6 nitrogen and oxygen atoms in total. The van der Waals surface area contributed by atoms with Gasteiger partial charge in [-0.2, -0.15) is 0 Å². The average Bonchev–Trinajstić information content (AvgIpc) is 3.34. The molecule has 0 aliphatic rings. The SMILES string of the molecule is O=C(c1ccccc1)c1ccccc1N(c1ccc(N(c2ccc(Oc3ccccc3)cc2)c2ccc(Oc3ccccc3)cc2)cc1)c1ccccc1C(=O)c1ccccc1. The number of nitrogens with zero attached hydrogens (tertiary/aromatic N) is 2. The summed E-state index contributed by atoms with van der Waals surface area (Å²) in [6, 6.07) is 77.1. The maximum Gasteiger partial charge on any atom is 0.195 e. The van der Waals surface area contributed by atoms with Gasteiger partial charge in [0.05, 0.1) is 11.4 Å². The highest BCUT2D eigenvalue weighted by Crippen LogP contribution is 2.43. The first kappa shape index (κ1) is 39.0. The van der Waals surface area contributed by atoms with Crippen LogP contribution in [0, 0.1) is 0 Å². The minimum absolute atomic E-state index is 0.125. The van der Waals surface area contributed by atoms with Crippen molar-refractivity contribution in [1.29, 1.82) is 0 Å². The summed E-state index contributed by atoms with van der Waals surface area (Å²) >= 11 is 0. The van der Waals surface area contributed by atoms with E-state index in [0.717, 1.165) is 34.2 Å². The van der Waals surface area contributed by atoms with Gasteiger partial charge in [0.15, 0.2) is 11.6 Å². The van der Waals surface area contributed by atoms with Crippen molar-refractivity contribution < 1.29 is 19.1 Å². The van der Waals surface area contributed by atoms with Gasteiger partial charge in [-0.3, -0.25) is 9.59 Å². The van der Waals surface area contributed by atoms with Gasteiger partial charge >= 0.3 is 0 Å². The molecular weight excluding hydrogens is 765 g/mol. The van der Waals surface area contributed by atoms with Gasteiger partial charge < -0.3 is 19.3 Å². The number of anilines is 6. The van der Waals surface area contributed by atoms with Crippen LogP contribution in [-0.4, -0.2) is 11.6 Å². The number of hydrogen-bond acceptors (Lipinski definition) is 6. The smallest absolute Gasteiger partial charge is 0.195 e. The quantitative estimate of drug-likeness (QED) is 0.102. The molecular formula is C56H40N2O4. The molecule has 0 fully saturated rings. The predicted molar refractivity (Wildman–Crippen MR) is 249 cm³/mol. The summed E-state index contributed by atoms with van der Waals surface area (Å²) in [4.78, 5) is 32.7. The van der Waals surface area contributed by atoms with Crippen LogP contribution in [-0.2, 0) is 0 Å². The van der Waals surface area contributed by atoms with Crippen LogP contribution in [0.2, 0.25) is 0 Å². The Bertz CT molecular complexity index is 2720. The van der Waals surface area contributed by atoms with Gasteiger partial charge in [0.1, 0.15) is 23.0 Å². The molecule has 9 rings (SSSR count). The molecule has 0 N–H and O–H groups in total. The number of rotatable bonds is 14. The molecule has 0 aliphatic carbocycles. The lowest BCUT2D eigenvalue weighted by Gasteiger charge is -2.30. The van der Waals surface area contributed by atoms with Crippen molar-refractivity contribution in [2.24, 2.45) is 0 Å². The zero-order chi connectivity index (χ0) is 42.1. The largest absolute Gasteiger partial charge is 0.457 e. The van der Waals surface area contributed by atoms with Gasteiger partial charge in [-0.15, -0.1) is 0 Å². The fourth-order valence-electron chi connectivity index (χ4n) is 7.39. The van der Waals surface area contributed by atoms with Crippen LogP contribution in [0.15, 0.2) is 243 Å². The zero-order valence-electron chi connectivity index (χ0n) is 33.6. The molecule has 0 spiro atoms. The topological polar surface area (TPSA) is 59.1 Å². The molecule has 0 radical (unpaired) electrons. The highest BCUT2D eigenvalue weighted by atomic mass is 16.5. The number of ketones is 2. The molecule has 6 heteroatoms. The lowest BCUT2D eigenvalue weighted by Crippen LogP contribution is -2.18. The van der Waals surface area contributed by atoms with Crippen LogP contribution >= 0.6 is 0 Å². The number of benzene rings is 9. The van der Waals surface area contributed by atoms with Crippen molar-refractivity contribution >= 4 is 45.7 Å². The Hall–Kier alpha value is -8.48. The number of hydrogen-bond donors (Lipinski definition) is 0. The van der Waals surface area contributed by atoms with E-state index >= 15 is 0 Å². The number of para-hydroxylation sites is 4. The summed E-state index contributed by atoms with van der Waals surface area (Å²) in [6.07, 6.45) is 0. The van der Waals surface area contributed by atoms with E-state index in [1.807, 2.05) is 248 Å². The second-order valence-corrected chi connectivity index (χ2v) is 14.4. The summed E-state index contributed by atoms with van der Waals surface area (Å²) in [6.45, 7) is 0. The molecule has 9 aromatic rings. The van der Waals surface area contributed by atoms with Gasteiger partial charge in [-0.05, 0) is 121 Å². The van der Waals surface area contributed by atoms with Gasteiger partial charge in [-0.1, -0.05) is 121 Å². The van der Waals surface area contributed by atoms with E-state index in [-0.39, 0.29) is 11.6 Å². The lowest BCUT2D eigenvalue weighted by molar-refractivity contribution is 0.103. The summed E-state index contributed by atoms with van der Waals surface area (Å²) in [5.41, 5.74) is 6.88. The van der Waals surface area contributed by atoms with Crippen molar-refractivity contribution in [2.75, 3.05) is 9.80 Å². The first-order valence-corrected chi connectivity index (χ1v) is 20.3. The molecule has 0 amide bonds. The summed E-state index contributed by atoms with van der Waals surface area (Å²) < 4.78 is 12.3. The molecule has 62 heavy (non-hydrogen) atoms. The third kappa shape index (κ3) is 8.62. The van der Waals surface area contributed by atoms with Crippen LogP contribution in [0.5, 0.6) is 23.0 Å². The normalized spacial score (nSPS) is 10.7. The second-order valence-electron chi connectivity index (χ2n) is 14.4. The molecule has 9 aromatic carbocycles. The number of ether oxygens (including phenoxy) is 2. The molecule has 0 heterocycles. The van der Waals surface area contributed by atoms with Gasteiger partial charge in [0.2, 0.25) is 0 Å². The molecule has 0 saturated carbocycles. The van der Waals surface area contributed by atoms with Crippen LogP contribution in [0.1, 0.15) is 31.8 Å². The highest BCUT2D eigenvalue weighted by molar-refractivity contribution is 6.16. The van der Waals surface area contributed by atoms with Crippen molar-refractivity contribution in [3.05, 3.63) is 265 Å². The third-order valence-corrected chi connectivity index (χ3v) is 10.4. The Morgan fingerprint density at radius 1 is 0.274 bits per heavy atom. The second kappa shape index (κ2) is 18.2. The van der Waals surface area contributed by atoms with E-state index in [1.165, 1.54) is 0 Å². The minimum Gasteiger partial charge on any atom is -0.457 e. The van der Waals surface area contributed by atoms with Gasteiger partial charge in [0, 0.05) is 45.0 Å². The Labute approximate surface area is 361 Å². The molecule has 0 aliphatic heterocycles. The number of carbonyl (C=O) groups excluding carboxylic acids is 2. The maximum absolute atomic E-state index is 14.3. The van der Waals surface area contributed by atoms with Crippen LogP contribution in [0.25, 0.3) is 0 Å². The minimum atomic E-state index is -0.125. The fourth-order valence-corrected chi connectivity index (χ4v) is 7.39. The Kier molecular flexibility index (Phi) is 11.4. The maximum atomic E-state index is 14.3. The van der Waals surface area contributed by atoms with Crippen molar-refractivity contribution in [2.45, 2.75) is 0 Å². The Balaban J connectivity index is 1.14. The third-order valence-electron chi connectivity index (χ3n) is 10.4. The molecule has 0 aromatic heterocycles. The van der Waals surface area contributed by atoms with Crippen molar-refractivity contribution in [3.63, 3.8) is 0 Å². The van der Waals surface area contributed by atoms with E-state index < -0.39 is 0 Å². The van der Waals surface area contributed by atoms with Gasteiger partial charge in [-0.25, -0.2) is 0 Å². The van der Waals surface area contributed by atoms with Crippen LogP contribution in [0.4, 0.5) is 34.1 Å². The Morgan fingerprint density at radius 2 is 0.548 bits per heavy atom. The van der Waals surface area contributed by atoms with E-state index in [1.54, 1.807) is 0 Å². The molecule has 298 valence electrons. The van der Waals surface area contributed by atoms with Crippen LogP contribution in [0.3, 0.4) is 0 Å². The van der Waals surface area contributed by atoms with Crippen LogP contribution < -0.4 is 19.3 Å². The van der Waals surface area contributed by atoms with Crippen molar-refractivity contribution in [1.82, 2.24) is 0 Å². The summed E-state index contributed by atoms with van der Waals surface area (Å²) in [5, 5.41) is 0. The van der Waals surface area contributed by atoms with Gasteiger partial charge in [0.25, 0.3) is 0 Å². The highest BCUT2D eigenvalue weighted by Gasteiger charge is 2.25. The lowest BCUT2D eigenvalue weighted by atomic mass is 9.97. The van der Waals surface area contributed by atoms with E-state index in [0.29, 0.717) is 45.1 Å². The molecule has 0 unspecified atom stereocenters. The standard InChI is InChI=1S/C56H40N2O4/c59-55(41-17-5-1-6-18-41)51-25-13-15-27-53(51)58(54-28-16-14-26-52(54)56(60)42-19-7-2-8-20-42)46-31-29-43(30-32-46)57(44-33-37-49(38-34-44)61-47-21-9-3-10-22-47)45-35-39-50(40-36-45)62-48-23-11-4-12-24-48/h1-40H. The Morgan fingerprint density at radius 3 is 0.919 bits per heavy atom. The first-order chi connectivity index (χ1) is 30.6. The van der Waals surface area contributed by atoms with E-state index in [4.69, 9.17) is 9.47 Å². The average molecular weight is 805 g/mol. The predicted octanol–water partition coefficient (Wildman–Crippen LogP) is 14.7. The van der Waals surface area contributed by atoms with E-state index in [2.05, 4.69) is 4.90 Å². The summed E-state index contributed by atoms with van der Waals surface area (Å²) in [5.74, 6) is 2.69. The van der Waals surface area contributed by atoms with E-state index in [9.17, 15) is 9.59 Å². The zero-order valence-corrected chi connectivity index (χ0v) is 33.6. The molecule has 0 bridgehead atoms. The molecule has 0 saturated heterocycles. The van der Waals surface area contributed by atoms with Crippen molar-refractivity contribution in [3.8, 4) is 23.0 Å². The monoisotopic (exact) mass is 804 g/mol. The summed E-state index contributed by atoms with van der Waals surface area (Å²) in [7, 11) is 0. The molecule has 0 atom stereocenters. The fraction of sp³-hybridized carbons (Fsp3) is 0.